The van der Waals surface area contributed by atoms with Crippen LogP contribution in [0.2, 0.25) is 0 Å². The van der Waals surface area contributed by atoms with Crippen molar-refractivity contribution in [3.8, 4) is 11.3 Å². The highest BCUT2D eigenvalue weighted by molar-refractivity contribution is 5.76. The second-order valence-electron chi connectivity index (χ2n) is 10.3. The molecule has 3 heterocycles. The average Bonchev–Trinajstić information content (AvgIpc) is 3.35. The third-order valence-corrected chi connectivity index (χ3v) is 7.66. The van der Waals surface area contributed by atoms with Crippen LogP contribution in [0.25, 0.3) is 16.9 Å². The number of rotatable bonds is 9. The van der Waals surface area contributed by atoms with Crippen LogP contribution in [0.3, 0.4) is 0 Å². The summed E-state index contributed by atoms with van der Waals surface area (Å²) in [6.07, 6.45) is 4.77. The van der Waals surface area contributed by atoms with E-state index in [2.05, 4.69) is 59.6 Å². The van der Waals surface area contributed by atoms with Crippen molar-refractivity contribution in [1.29, 1.82) is 0 Å². The van der Waals surface area contributed by atoms with Crippen molar-refractivity contribution in [2.75, 3.05) is 26.2 Å². The van der Waals surface area contributed by atoms with E-state index >= 15 is 0 Å². The van der Waals surface area contributed by atoms with Gasteiger partial charge in [0.05, 0.1) is 5.69 Å². The summed E-state index contributed by atoms with van der Waals surface area (Å²) in [5.74, 6) is 0.868. The summed E-state index contributed by atoms with van der Waals surface area (Å²) in [7, 11) is 0. The molecule has 0 saturated carbocycles. The minimum atomic E-state index is 0.100. The Morgan fingerprint density at radius 3 is 2.43 bits per heavy atom. The highest BCUT2D eigenvalue weighted by Crippen LogP contribution is 2.23. The zero-order valence-corrected chi connectivity index (χ0v) is 22.0. The van der Waals surface area contributed by atoms with Crippen molar-refractivity contribution >= 4 is 11.6 Å². The first kappa shape index (κ1) is 25.2. The van der Waals surface area contributed by atoms with Crippen molar-refractivity contribution in [1.82, 2.24) is 24.8 Å². The van der Waals surface area contributed by atoms with E-state index in [4.69, 9.17) is 10.1 Å². The van der Waals surface area contributed by atoms with E-state index in [9.17, 15) is 4.79 Å². The smallest absolute Gasteiger partial charge is 0.220 e. The molecule has 0 unspecified atom stereocenters. The number of likely N-dealkylation sites (tertiary alicyclic amines) is 1. The lowest BCUT2D eigenvalue weighted by Crippen LogP contribution is -2.40. The maximum Gasteiger partial charge on any atom is 0.220 e. The van der Waals surface area contributed by atoms with Crippen LogP contribution in [0.1, 0.15) is 41.8 Å². The van der Waals surface area contributed by atoms with Gasteiger partial charge in [-0.05, 0) is 69.7 Å². The summed E-state index contributed by atoms with van der Waals surface area (Å²) in [6.45, 7) is 7.95. The summed E-state index contributed by atoms with van der Waals surface area (Å²) in [5, 5.41) is 7.92. The van der Waals surface area contributed by atoms with Crippen LogP contribution in [-0.2, 0) is 17.6 Å². The quantitative estimate of drug-likeness (QED) is 0.354. The van der Waals surface area contributed by atoms with Gasteiger partial charge in [-0.15, -0.1) is 0 Å². The molecule has 5 rings (SSSR count). The summed E-state index contributed by atoms with van der Waals surface area (Å²) < 4.78 is 1.91. The first-order valence-electron chi connectivity index (χ1n) is 13.5. The van der Waals surface area contributed by atoms with Crippen molar-refractivity contribution < 1.29 is 4.79 Å². The normalized spacial score (nSPS) is 14.8. The number of aryl methyl sites for hydroxylation is 2. The van der Waals surface area contributed by atoms with Crippen LogP contribution >= 0.6 is 0 Å². The van der Waals surface area contributed by atoms with Crippen LogP contribution < -0.4 is 5.32 Å². The van der Waals surface area contributed by atoms with Crippen molar-refractivity contribution in [2.45, 2.75) is 46.0 Å². The molecule has 6 heteroatoms. The molecule has 0 radical (unpaired) electrons. The Kier molecular flexibility index (Phi) is 7.95. The van der Waals surface area contributed by atoms with Gasteiger partial charge in [0, 0.05) is 42.5 Å². The van der Waals surface area contributed by atoms with Crippen LogP contribution in [0, 0.1) is 19.8 Å². The molecule has 0 spiro atoms. The Morgan fingerprint density at radius 2 is 1.70 bits per heavy atom. The van der Waals surface area contributed by atoms with E-state index in [0.29, 0.717) is 19.4 Å². The van der Waals surface area contributed by atoms with Crippen molar-refractivity contribution in [3.05, 3.63) is 89.2 Å². The number of carbonyl (C=O) groups is 1. The molecule has 1 aliphatic rings. The Hall–Kier alpha value is -3.51. The van der Waals surface area contributed by atoms with Gasteiger partial charge in [-0.25, -0.2) is 9.50 Å². The van der Waals surface area contributed by atoms with Gasteiger partial charge in [-0.2, -0.15) is 5.10 Å². The number of aromatic nitrogens is 3. The van der Waals surface area contributed by atoms with E-state index in [1.165, 1.54) is 24.8 Å². The van der Waals surface area contributed by atoms with Gasteiger partial charge in [0.2, 0.25) is 5.91 Å². The molecule has 0 aliphatic carbocycles. The molecular weight excluding hydrogens is 458 g/mol. The second kappa shape index (κ2) is 11.7. The number of hydrogen-bond donors (Lipinski definition) is 1. The van der Waals surface area contributed by atoms with Crippen LogP contribution in [0.15, 0.2) is 66.7 Å². The van der Waals surface area contributed by atoms with Gasteiger partial charge in [0.15, 0.2) is 5.65 Å². The summed E-state index contributed by atoms with van der Waals surface area (Å²) in [4.78, 5) is 19.9. The highest BCUT2D eigenvalue weighted by atomic mass is 16.1. The predicted molar refractivity (Wildman–Crippen MR) is 149 cm³/mol. The fraction of sp³-hybridized carbons (Fsp3) is 0.387. The van der Waals surface area contributed by atoms with Gasteiger partial charge in [0.1, 0.15) is 0 Å². The molecule has 2 aromatic heterocycles. The second-order valence-corrected chi connectivity index (χ2v) is 10.3. The molecule has 37 heavy (non-hydrogen) atoms. The zero-order valence-electron chi connectivity index (χ0n) is 22.0. The van der Waals surface area contributed by atoms with Gasteiger partial charge in [-0.3, -0.25) is 4.79 Å². The molecule has 1 amide bonds. The van der Waals surface area contributed by atoms with Crippen LogP contribution in [0.4, 0.5) is 0 Å². The number of benzene rings is 2. The third-order valence-electron chi connectivity index (χ3n) is 7.66. The summed E-state index contributed by atoms with van der Waals surface area (Å²) >= 11 is 0. The lowest BCUT2D eigenvalue weighted by molar-refractivity contribution is -0.121. The predicted octanol–water partition coefficient (Wildman–Crippen LogP) is 5.02. The maximum absolute atomic E-state index is 12.6. The molecule has 0 bridgehead atoms. The lowest BCUT2D eigenvalue weighted by Gasteiger charge is -2.32. The summed E-state index contributed by atoms with van der Waals surface area (Å²) in [6, 6.07) is 23.0. The number of hydrogen-bond acceptors (Lipinski definition) is 4. The number of nitrogens with zero attached hydrogens (tertiary/aromatic N) is 4. The molecule has 1 saturated heterocycles. The standard InChI is InChI=1S/C31H37N5O/c1-23-28(24(2)36-30(33-23)22-29(34-36)27-11-7-4-8-12-27)13-14-31(37)32-17-20-35-18-15-26(16-19-35)21-25-9-5-3-6-10-25/h3-12,22,26H,13-21H2,1-2H3,(H,32,37). The van der Waals surface area contributed by atoms with Crippen LogP contribution in [0.5, 0.6) is 0 Å². The third kappa shape index (κ3) is 6.25. The lowest BCUT2D eigenvalue weighted by atomic mass is 9.90. The number of carbonyl (C=O) groups excluding carboxylic acids is 1. The fourth-order valence-corrected chi connectivity index (χ4v) is 5.48. The number of nitrogens with one attached hydrogen (secondary N) is 1. The number of piperidine rings is 1. The fourth-order valence-electron chi connectivity index (χ4n) is 5.48. The Morgan fingerprint density at radius 1 is 1.00 bits per heavy atom. The molecule has 1 fully saturated rings. The zero-order chi connectivity index (χ0) is 25.6. The first-order chi connectivity index (χ1) is 18.1. The largest absolute Gasteiger partial charge is 0.355 e. The van der Waals surface area contributed by atoms with Crippen LogP contribution in [-0.4, -0.2) is 51.6 Å². The Balaban J connectivity index is 1.08. The van der Waals surface area contributed by atoms with E-state index < -0.39 is 0 Å². The van der Waals surface area contributed by atoms with Gasteiger partial charge < -0.3 is 10.2 Å². The molecule has 2 aromatic carbocycles. The highest BCUT2D eigenvalue weighted by Gasteiger charge is 2.19. The Bertz CT molecular complexity index is 1320. The molecular formula is C31H37N5O. The minimum Gasteiger partial charge on any atom is -0.355 e. The molecule has 4 aromatic rings. The van der Waals surface area contributed by atoms with Crippen molar-refractivity contribution in [2.24, 2.45) is 5.92 Å². The van der Waals surface area contributed by atoms with E-state index in [1.807, 2.05) is 35.7 Å². The topological polar surface area (TPSA) is 62.5 Å². The van der Waals surface area contributed by atoms with Crippen molar-refractivity contribution in [3.63, 3.8) is 0 Å². The Labute approximate surface area is 219 Å². The van der Waals surface area contributed by atoms with E-state index in [1.54, 1.807) is 0 Å². The van der Waals surface area contributed by atoms with Gasteiger partial charge >= 0.3 is 0 Å². The monoisotopic (exact) mass is 495 g/mol. The first-order valence-corrected chi connectivity index (χ1v) is 13.5. The minimum absolute atomic E-state index is 0.100. The molecule has 192 valence electrons. The number of fused-ring (bicyclic) bond motifs is 1. The molecule has 1 N–H and O–H groups in total. The molecule has 1 aliphatic heterocycles. The van der Waals surface area contributed by atoms with E-state index in [0.717, 1.165) is 59.4 Å². The molecule has 0 atom stereocenters. The summed E-state index contributed by atoms with van der Waals surface area (Å²) in [5.41, 5.74) is 7.39. The number of amides is 1. The van der Waals surface area contributed by atoms with Gasteiger partial charge in [-0.1, -0.05) is 60.7 Å². The SMILES string of the molecule is Cc1nc2cc(-c3ccccc3)nn2c(C)c1CCC(=O)NCCN1CCC(Cc2ccccc2)CC1. The van der Waals surface area contributed by atoms with E-state index in [-0.39, 0.29) is 5.91 Å². The average molecular weight is 496 g/mol. The maximum atomic E-state index is 12.6. The molecule has 6 nitrogen and oxygen atoms in total. The van der Waals surface area contributed by atoms with Gasteiger partial charge in [0.25, 0.3) is 0 Å².